The van der Waals surface area contributed by atoms with E-state index in [-0.39, 0.29) is 43.0 Å². The Morgan fingerprint density at radius 1 is 1.27 bits per heavy atom. The number of carbonyl (C=O) groups is 3. The van der Waals surface area contributed by atoms with Gasteiger partial charge in [0.15, 0.2) is 0 Å². The van der Waals surface area contributed by atoms with Gasteiger partial charge in [-0.1, -0.05) is 39.3 Å². The zero-order chi connectivity index (χ0) is 27.5. The second-order valence-electron chi connectivity index (χ2n) is 11.5. The predicted octanol–water partition coefficient (Wildman–Crippen LogP) is 4.20. The van der Waals surface area contributed by atoms with E-state index < -0.39 is 33.4 Å². The zero-order valence-electron chi connectivity index (χ0n) is 23.3. The molecule has 2 amide bonds. The highest BCUT2D eigenvalue weighted by Crippen LogP contribution is 2.72. The van der Waals surface area contributed by atoms with Crippen LogP contribution in [0.5, 0.6) is 0 Å². The number of nitrogens with zero attached hydrogens (tertiary/aromatic N) is 2. The molecule has 0 radical (unpaired) electrons. The molecule has 3 aliphatic rings. The number of ether oxygens (including phenoxy) is 1. The SMILES string of the molecule is C=CCCCOC(=O)[C@@H]1[C@H]2C(=O)N([C@@H](CO)C(C)C)C(C(=O)N(CC=C)C(C)CCC)C23CC[C@@]1(C)S3. The molecule has 0 aliphatic carbocycles. The molecule has 3 unspecified atom stereocenters. The lowest BCUT2D eigenvalue weighted by Crippen LogP contribution is -2.59. The molecule has 0 aromatic rings. The van der Waals surface area contributed by atoms with Gasteiger partial charge in [0.1, 0.15) is 6.04 Å². The van der Waals surface area contributed by atoms with Gasteiger partial charge in [-0.2, -0.15) is 0 Å². The summed E-state index contributed by atoms with van der Waals surface area (Å²) < 4.78 is 4.50. The van der Waals surface area contributed by atoms with Crippen molar-refractivity contribution >= 4 is 29.5 Å². The van der Waals surface area contributed by atoms with E-state index in [1.807, 2.05) is 32.6 Å². The number of esters is 1. The Morgan fingerprint density at radius 2 is 1.97 bits per heavy atom. The van der Waals surface area contributed by atoms with Crippen LogP contribution in [0.3, 0.4) is 0 Å². The van der Waals surface area contributed by atoms with Crippen LogP contribution < -0.4 is 0 Å². The molecule has 0 aromatic heterocycles. The van der Waals surface area contributed by atoms with Crippen LogP contribution in [0.15, 0.2) is 25.3 Å². The van der Waals surface area contributed by atoms with Gasteiger partial charge in [-0.25, -0.2) is 0 Å². The summed E-state index contributed by atoms with van der Waals surface area (Å²) in [7, 11) is 0. The van der Waals surface area contributed by atoms with Gasteiger partial charge in [0, 0.05) is 17.3 Å². The van der Waals surface area contributed by atoms with Crippen LogP contribution in [0, 0.1) is 17.8 Å². The van der Waals surface area contributed by atoms with Crippen molar-refractivity contribution in [2.24, 2.45) is 17.8 Å². The first-order valence-electron chi connectivity index (χ1n) is 13.9. The minimum absolute atomic E-state index is 0.0145. The number of thioether (sulfide) groups is 1. The van der Waals surface area contributed by atoms with Gasteiger partial charge in [0.05, 0.1) is 35.8 Å². The second-order valence-corrected chi connectivity index (χ2v) is 13.4. The molecule has 2 bridgehead atoms. The lowest BCUT2D eigenvalue weighted by atomic mass is 9.66. The van der Waals surface area contributed by atoms with Gasteiger partial charge in [-0.15, -0.1) is 24.9 Å². The zero-order valence-corrected chi connectivity index (χ0v) is 24.1. The third-order valence-corrected chi connectivity index (χ3v) is 10.6. The first kappa shape index (κ1) is 29.8. The Labute approximate surface area is 227 Å². The third kappa shape index (κ3) is 5.12. The van der Waals surface area contributed by atoms with Gasteiger partial charge in [0.25, 0.3) is 0 Å². The van der Waals surface area contributed by atoms with Crippen LogP contribution in [-0.4, -0.2) is 80.1 Å². The molecule has 3 saturated heterocycles. The monoisotopic (exact) mass is 534 g/mol. The number of fused-ring (bicyclic) bond motifs is 1. The molecule has 208 valence electrons. The molecular formula is C29H46N2O5S. The molecular weight excluding hydrogens is 488 g/mol. The minimum atomic E-state index is -0.741. The summed E-state index contributed by atoms with van der Waals surface area (Å²) in [5.74, 6) is -1.96. The fourth-order valence-electron chi connectivity index (χ4n) is 6.83. The van der Waals surface area contributed by atoms with Gasteiger partial charge in [-0.05, 0) is 51.9 Å². The topological polar surface area (TPSA) is 87.1 Å². The van der Waals surface area contributed by atoms with Crippen LogP contribution in [-0.2, 0) is 19.1 Å². The van der Waals surface area contributed by atoms with Crippen molar-refractivity contribution in [1.82, 2.24) is 9.80 Å². The highest BCUT2D eigenvalue weighted by Gasteiger charge is 2.78. The fourth-order valence-corrected chi connectivity index (χ4v) is 9.15. The Hall–Kier alpha value is -1.80. The van der Waals surface area contributed by atoms with Gasteiger partial charge < -0.3 is 19.6 Å². The number of aliphatic hydroxyl groups excluding tert-OH is 1. The number of aliphatic hydroxyl groups is 1. The van der Waals surface area contributed by atoms with Crippen molar-refractivity contribution in [2.75, 3.05) is 19.8 Å². The normalized spacial score (nSPS) is 31.8. The standard InChI is InChI=1S/C29H46N2O5S/c1-8-11-12-17-36-27(35)23-22-25(33)31(21(18-32)19(4)5)24(29(22)15-14-28(23,7)37-29)26(34)30(16-10-3)20(6)13-9-2/h8,10,19-24,32H,1,3,9,11-18H2,2,4-7H3/t20?,21-,22-,23-,24?,28+,29?/m0/s1. The Balaban J connectivity index is 2.07. The summed E-state index contributed by atoms with van der Waals surface area (Å²) >= 11 is 1.64. The number of likely N-dealkylation sites (tertiary alicyclic amines) is 1. The van der Waals surface area contributed by atoms with E-state index in [1.165, 1.54) is 0 Å². The highest BCUT2D eigenvalue weighted by atomic mass is 32.2. The van der Waals surface area contributed by atoms with Crippen molar-refractivity contribution in [3.8, 4) is 0 Å². The highest BCUT2D eigenvalue weighted by molar-refractivity contribution is 8.02. The number of allylic oxidation sites excluding steroid dienone is 1. The van der Waals surface area contributed by atoms with Crippen molar-refractivity contribution in [1.29, 1.82) is 0 Å². The summed E-state index contributed by atoms with van der Waals surface area (Å²) in [6, 6.07) is -1.27. The van der Waals surface area contributed by atoms with Crippen molar-refractivity contribution in [3.63, 3.8) is 0 Å². The Morgan fingerprint density at radius 3 is 2.54 bits per heavy atom. The molecule has 7 nitrogen and oxygen atoms in total. The average molecular weight is 535 g/mol. The number of amides is 2. The molecule has 37 heavy (non-hydrogen) atoms. The van der Waals surface area contributed by atoms with Crippen LogP contribution in [0.25, 0.3) is 0 Å². The molecule has 3 heterocycles. The van der Waals surface area contributed by atoms with Gasteiger partial charge >= 0.3 is 5.97 Å². The van der Waals surface area contributed by atoms with E-state index in [0.29, 0.717) is 19.4 Å². The summed E-state index contributed by atoms with van der Waals surface area (Å²) in [4.78, 5) is 45.7. The predicted molar refractivity (Wildman–Crippen MR) is 148 cm³/mol. The number of hydrogen-bond acceptors (Lipinski definition) is 6. The quantitative estimate of drug-likeness (QED) is 0.204. The van der Waals surface area contributed by atoms with E-state index in [4.69, 9.17) is 4.74 Å². The number of carbonyl (C=O) groups excluding carboxylic acids is 3. The van der Waals surface area contributed by atoms with Gasteiger partial charge in [-0.3, -0.25) is 14.4 Å². The maximum Gasteiger partial charge on any atom is 0.311 e. The number of rotatable bonds is 14. The van der Waals surface area contributed by atoms with Crippen molar-refractivity contribution in [2.45, 2.75) is 101 Å². The molecule has 7 atom stereocenters. The third-order valence-electron chi connectivity index (χ3n) is 8.66. The van der Waals surface area contributed by atoms with Crippen molar-refractivity contribution < 1.29 is 24.2 Å². The first-order valence-corrected chi connectivity index (χ1v) is 14.7. The summed E-state index contributed by atoms with van der Waals surface area (Å²) in [6.07, 6.45) is 8.16. The minimum Gasteiger partial charge on any atom is -0.465 e. The van der Waals surface area contributed by atoms with E-state index >= 15 is 0 Å². The van der Waals surface area contributed by atoms with E-state index in [1.54, 1.807) is 28.8 Å². The largest absolute Gasteiger partial charge is 0.465 e. The van der Waals surface area contributed by atoms with E-state index in [2.05, 4.69) is 20.1 Å². The molecule has 8 heteroatoms. The molecule has 3 fully saturated rings. The summed E-state index contributed by atoms with van der Waals surface area (Å²) in [5.41, 5.74) is 0. The lowest BCUT2D eigenvalue weighted by Gasteiger charge is -2.42. The van der Waals surface area contributed by atoms with Crippen LogP contribution in [0.2, 0.25) is 0 Å². The van der Waals surface area contributed by atoms with Gasteiger partial charge in [0.2, 0.25) is 11.8 Å². The first-order chi connectivity index (χ1) is 17.5. The van der Waals surface area contributed by atoms with E-state index in [9.17, 15) is 19.5 Å². The van der Waals surface area contributed by atoms with Crippen molar-refractivity contribution in [3.05, 3.63) is 25.3 Å². The number of hydrogen-bond donors (Lipinski definition) is 1. The molecule has 0 aromatic carbocycles. The average Bonchev–Trinajstić information content (AvgIpc) is 3.41. The Bertz CT molecular complexity index is 894. The van der Waals surface area contributed by atoms with Crippen LogP contribution in [0.1, 0.15) is 73.1 Å². The Kier molecular flexibility index (Phi) is 9.60. The molecule has 1 spiro atoms. The van der Waals surface area contributed by atoms with E-state index in [0.717, 1.165) is 25.7 Å². The number of unbranched alkanes of at least 4 members (excludes halogenated alkanes) is 1. The maximum atomic E-state index is 14.5. The molecule has 0 saturated carbocycles. The summed E-state index contributed by atoms with van der Waals surface area (Å²) in [6.45, 7) is 18.1. The molecule has 1 N–H and O–H groups in total. The maximum absolute atomic E-state index is 14.5. The lowest BCUT2D eigenvalue weighted by molar-refractivity contribution is -0.156. The molecule has 3 aliphatic heterocycles. The summed E-state index contributed by atoms with van der Waals surface area (Å²) in [5, 5.41) is 10.4. The molecule has 3 rings (SSSR count). The second kappa shape index (κ2) is 11.9. The van der Waals surface area contributed by atoms with Crippen LogP contribution >= 0.6 is 11.8 Å². The fraction of sp³-hybridized carbons (Fsp3) is 0.759. The smallest absolute Gasteiger partial charge is 0.311 e. The van der Waals surface area contributed by atoms with Crippen LogP contribution in [0.4, 0.5) is 0 Å².